The van der Waals surface area contributed by atoms with Gasteiger partial charge in [0.1, 0.15) is 5.82 Å². The van der Waals surface area contributed by atoms with Crippen molar-refractivity contribution in [3.8, 4) is 0 Å². The first kappa shape index (κ1) is 19.8. The number of hydrazine groups is 1. The van der Waals surface area contributed by atoms with Crippen molar-refractivity contribution in [3.63, 3.8) is 0 Å². The van der Waals surface area contributed by atoms with Crippen LogP contribution in [0.25, 0.3) is 0 Å². The number of anilines is 1. The fourth-order valence-corrected chi connectivity index (χ4v) is 2.11. The van der Waals surface area contributed by atoms with Crippen LogP contribution in [0.15, 0.2) is 42.5 Å². The molecule has 0 saturated heterocycles. The molecule has 5 N–H and O–H groups in total. The molecule has 0 radical (unpaired) electrons. The van der Waals surface area contributed by atoms with E-state index in [-0.39, 0.29) is 12.0 Å². The van der Waals surface area contributed by atoms with Gasteiger partial charge in [-0.1, -0.05) is 19.1 Å². The number of amides is 2. The molecule has 0 spiro atoms. The number of carbonyl (C=O) groups excluding carboxylic acids is 2. The summed E-state index contributed by atoms with van der Waals surface area (Å²) in [5, 5.41) is 9.50. The first-order valence-corrected chi connectivity index (χ1v) is 7.26. The van der Waals surface area contributed by atoms with E-state index >= 15 is 0 Å². The normalized spacial score (nSPS) is 9.40. The zero-order valence-electron chi connectivity index (χ0n) is 13.5. The van der Waals surface area contributed by atoms with Crippen molar-refractivity contribution in [2.45, 2.75) is 13.3 Å². The topological polar surface area (TPSA) is 122 Å². The lowest BCUT2D eigenvalue weighted by Crippen LogP contribution is -2.30. The molecule has 2 aromatic carbocycles. The van der Waals surface area contributed by atoms with Crippen molar-refractivity contribution in [1.29, 1.82) is 0 Å². The molecular weight excluding hydrogens is 329 g/mol. The van der Waals surface area contributed by atoms with Crippen LogP contribution < -0.4 is 16.6 Å². The van der Waals surface area contributed by atoms with Gasteiger partial charge in [0.15, 0.2) is 0 Å². The van der Waals surface area contributed by atoms with Crippen molar-refractivity contribution < 1.29 is 23.9 Å². The standard InChI is InChI=1S/C16H16FN3O2.CH2O2/c1-2-10-9-11(7-8-12(10)16(22)20-18)19-15(21)13-5-3-4-6-14(13)17;2-1-3/h3-9H,2,18H2,1H3,(H,19,21)(H,20,22);1H,(H,2,3). The van der Waals surface area contributed by atoms with Crippen molar-refractivity contribution in [3.05, 3.63) is 65.0 Å². The highest BCUT2D eigenvalue weighted by molar-refractivity contribution is 6.05. The van der Waals surface area contributed by atoms with E-state index in [1.165, 1.54) is 18.2 Å². The van der Waals surface area contributed by atoms with Gasteiger partial charge >= 0.3 is 0 Å². The molecule has 0 aliphatic rings. The van der Waals surface area contributed by atoms with Crippen LogP contribution in [0.3, 0.4) is 0 Å². The lowest BCUT2D eigenvalue weighted by atomic mass is 10.0. The van der Waals surface area contributed by atoms with Gasteiger partial charge in [-0.25, -0.2) is 10.2 Å². The molecule has 0 saturated carbocycles. The van der Waals surface area contributed by atoms with Crippen LogP contribution in [0.5, 0.6) is 0 Å². The number of rotatable bonds is 4. The van der Waals surface area contributed by atoms with E-state index in [9.17, 15) is 14.0 Å². The van der Waals surface area contributed by atoms with Crippen LogP contribution in [-0.2, 0) is 11.2 Å². The molecule has 0 aromatic heterocycles. The third kappa shape index (κ3) is 5.40. The van der Waals surface area contributed by atoms with Crippen molar-refractivity contribution >= 4 is 24.0 Å². The lowest BCUT2D eigenvalue weighted by Gasteiger charge is -2.11. The Labute approximate surface area is 143 Å². The monoisotopic (exact) mass is 347 g/mol. The van der Waals surface area contributed by atoms with Gasteiger partial charge in [-0.2, -0.15) is 0 Å². The third-order valence-electron chi connectivity index (χ3n) is 3.24. The second-order valence-corrected chi connectivity index (χ2v) is 4.74. The Bertz CT molecular complexity index is 765. The highest BCUT2D eigenvalue weighted by Gasteiger charge is 2.13. The Kier molecular flexibility index (Phi) is 7.74. The third-order valence-corrected chi connectivity index (χ3v) is 3.24. The van der Waals surface area contributed by atoms with Gasteiger partial charge < -0.3 is 10.4 Å². The number of nitrogens with one attached hydrogen (secondary N) is 2. The Morgan fingerprint density at radius 2 is 1.80 bits per heavy atom. The Morgan fingerprint density at radius 3 is 2.36 bits per heavy atom. The van der Waals surface area contributed by atoms with E-state index in [4.69, 9.17) is 15.7 Å². The van der Waals surface area contributed by atoms with Crippen molar-refractivity contribution in [2.75, 3.05) is 5.32 Å². The largest absolute Gasteiger partial charge is 0.483 e. The van der Waals surface area contributed by atoms with E-state index in [1.807, 2.05) is 6.92 Å². The molecule has 25 heavy (non-hydrogen) atoms. The summed E-state index contributed by atoms with van der Waals surface area (Å²) >= 11 is 0. The predicted octanol–water partition coefficient (Wildman–Crippen LogP) is 1.94. The number of nitrogens with two attached hydrogens (primary N) is 1. The highest BCUT2D eigenvalue weighted by atomic mass is 19.1. The number of nitrogen functional groups attached to an aromatic ring is 1. The summed E-state index contributed by atoms with van der Waals surface area (Å²) in [5.41, 5.74) is 3.69. The number of hydrogen-bond acceptors (Lipinski definition) is 4. The second-order valence-electron chi connectivity index (χ2n) is 4.74. The van der Waals surface area contributed by atoms with Gasteiger partial charge in [0, 0.05) is 11.3 Å². The van der Waals surface area contributed by atoms with Gasteiger partial charge in [-0.05, 0) is 42.3 Å². The predicted molar refractivity (Wildman–Crippen MR) is 90.5 cm³/mol. The molecular formula is C17H18FN3O4. The fourth-order valence-electron chi connectivity index (χ4n) is 2.11. The fraction of sp³-hybridized carbons (Fsp3) is 0.118. The quantitative estimate of drug-likeness (QED) is 0.291. The van der Waals surface area contributed by atoms with E-state index in [0.717, 1.165) is 5.56 Å². The number of carboxylic acid groups (broad SMARTS) is 1. The van der Waals surface area contributed by atoms with Gasteiger partial charge in [0.25, 0.3) is 18.3 Å². The van der Waals surface area contributed by atoms with E-state index < -0.39 is 17.6 Å². The highest BCUT2D eigenvalue weighted by Crippen LogP contribution is 2.18. The maximum Gasteiger partial charge on any atom is 0.290 e. The molecule has 0 atom stereocenters. The lowest BCUT2D eigenvalue weighted by molar-refractivity contribution is -0.122. The number of halogens is 1. The summed E-state index contributed by atoms with van der Waals surface area (Å²) in [6.45, 7) is 1.63. The van der Waals surface area contributed by atoms with Gasteiger partial charge in [0.2, 0.25) is 0 Å². The summed E-state index contributed by atoms with van der Waals surface area (Å²) in [4.78, 5) is 32.0. The minimum absolute atomic E-state index is 0.0377. The molecule has 0 bridgehead atoms. The summed E-state index contributed by atoms with van der Waals surface area (Å²) in [6, 6.07) is 10.5. The molecule has 132 valence electrons. The SMILES string of the molecule is CCc1cc(NC(=O)c2ccccc2F)ccc1C(=O)NN.O=CO. The van der Waals surface area contributed by atoms with Crippen LogP contribution in [0.4, 0.5) is 10.1 Å². The molecule has 8 heteroatoms. The molecule has 2 aromatic rings. The summed E-state index contributed by atoms with van der Waals surface area (Å²) in [7, 11) is 0. The zero-order valence-corrected chi connectivity index (χ0v) is 13.5. The number of hydrogen-bond donors (Lipinski definition) is 4. The Morgan fingerprint density at radius 1 is 1.16 bits per heavy atom. The average molecular weight is 347 g/mol. The minimum atomic E-state index is -0.588. The maximum absolute atomic E-state index is 13.6. The van der Waals surface area contributed by atoms with Gasteiger partial charge in [-0.15, -0.1) is 0 Å². The molecule has 2 rings (SSSR count). The van der Waals surface area contributed by atoms with E-state index in [2.05, 4.69) is 10.7 Å². The molecule has 0 fully saturated rings. The van der Waals surface area contributed by atoms with Gasteiger partial charge in [0.05, 0.1) is 5.56 Å². The summed E-state index contributed by atoms with van der Waals surface area (Å²) in [5.74, 6) is 3.60. The average Bonchev–Trinajstić information content (AvgIpc) is 2.62. The number of benzene rings is 2. The molecule has 0 aliphatic heterocycles. The maximum atomic E-state index is 13.6. The molecule has 0 heterocycles. The first-order valence-electron chi connectivity index (χ1n) is 7.26. The van der Waals surface area contributed by atoms with Crippen molar-refractivity contribution in [2.24, 2.45) is 5.84 Å². The molecule has 0 unspecified atom stereocenters. The van der Waals surface area contributed by atoms with Crippen molar-refractivity contribution in [1.82, 2.24) is 5.43 Å². The molecule has 2 amide bonds. The zero-order chi connectivity index (χ0) is 18.8. The van der Waals surface area contributed by atoms with Crippen LogP contribution in [0, 0.1) is 5.82 Å². The number of aryl methyl sites for hydroxylation is 1. The molecule has 0 aliphatic carbocycles. The van der Waals surface area contributed by atoms with E-state index in [0.29, 0.717) is 17.7 Å². The minimum Gasteiger partial charge on any atom is -0.483 e. The first-order chi connectivity index (χ1) is 12.0. The van der Waals surface area contributed by atoms with Crippen LogP contribution in [-0.4, -0.2) is 23.4 Å². The Balaban J connectivity index is 0.000000970. The van der Waals surface area contributed by atoms with Crippen LogP contribution in [0.1, 0.15) is 33.2 Å². The second kappa shape index (κ2) is 9.78. The summed E-state index contributed by atoms with van der Waals surface area (Å²) in [6.07, 6.45) is 0.589. The Hall–Kier alpha value is -3.26. The van der Waals surface area contributed by atoms with Crippen LogP contribution >= 0.6 is 0 Å². The van der Waals surface area contributed by atoms with Crippen LogP contribution in [0.2, 0.25) is 0 Å². The van der Waals surface area contributed by atoms with Gasteiger partial charge in [-0.3, -0.25) is 19.8 Å². The van der Waals surface area contributed by atoms with E-state index in [1.54, 1.807) is 24.3 Å². The smallest absolute Gasteiger partial charge is 0.290 e. The molecule has 7 nitrogen and oxygen atoms in total. The number of carbonyl (C=O) groups is 3. The summed E-state index contributed by atoms with van der Waals surface area (Å²) < 4.78 is 13.6.